The molecule has 1 aliphatic heterocycles. The maximum atomic E-state index is 11.2. The van der Waals surface area contributed by atoms with Gasteiger partial charge in [-0.1, -0.05) is 17.7 Å². The molecule has 4 heteroatoms. The van der Waals surface area contributed by atoms with Crippen LogP contribution >= 0.6 is 11.6 Å². The molecule has 1 saturated heterocycles. The van der Waals surface area contributed by atoms with Gasteiger partial charge in [-0.2, -0.15) is 0 Å². The van der Waals surface area contributed by atoms with E-state index < -0.39 is 11.9 Å². The number of ether oxygens (including phenoxy) is 1. The van der Waals surface area contributed by atoms with Gasteiger partial charge in [-0.3, -0.25) is 4.79 Å². The van der Waals surface area contributed by atoms with Gasteiger partial charge in [0.15, 0.2) is 0 Å². The first-order valence-electron chi connectivity index (χ1n) is 5.70. The van der Waals surface area contributed by atoms with Crippen molar-refractivity contribution in [2.75, 3.05) is 6.61 Å². The second-order valence-corrected chi connectivity index (χ2v) is 4.82. The Bertz CT molecular complexity index is 431. The summed E-state index contributed by atoms with van der Waals surface area (Å²) in [6.45, 7) is 2.55. The van der Waals surface area contributed by atoms with Crippen LogP contribution in [0.2, 0.25) is 5.02 Å². The molecule has 0 aliphatic carbocycles. The fourth-order valence-corrected chi connectivity index (χ4v) is 2.53. The Morgan fingerprint density at radius 1 is 1.53 bits per heavy atom. The number of benzene rings is 1. The number of carboxylic acid groups (broad SMARTS) is 1. The first-order chi connectivity index (χ1) is 8.09. The molecule has 1 fully saturated rings. The largest absolute Gasteiger partial charge is 0.481 e. The van der Waals surface area contributed by atoms with Crippen molar-refractivity contribution in [3.63, 3.8) is 0 Å². The van der Waals surface area contributed by atoms with Gasteiger partial charge >= 0.3 is 5.97 Å². The van der Waals surface area contributed by atoms with Crippen LogP contribution in [-0.4, -0.2) is 17.7 Å². The minimum absolute atomic E-state index is 0.349. The summed E-state index contributed by atoms with van der Waals surface area (Å²) >= 11 is 5.90. The monoisotopic (exact) mass is 254 g/mol. The molecule has 2 rings (SSSR count). The Balaban J connectivity index is 2.32. The molecule has 1 aromatic carbocycles. The summed E-state index contributed by atoms with van der Waals surface area (Å²) in [5, 5.41) is 9.87. The molecule has 1 aromatic rings. The van der Waals surface area contributed by atoms with E-state index in [1.807, 2.05) is 19.1 Å². The Morgan fingerprint density at radius 2 is 2.29 bits per heavy atom. The summed E-state index contributed by atoms with van der Waals surface area (Å²) in [4.78, 5) is 11.2. The first kappa shape index (κ1) is 12.4. The van der Waals surface area contributed by atoms with E-state index in [9.17, 15) is 9.90 Å². The van der Waals surface area contributed by atoms with E-state index in [0.717, 1.165) is 17.5 Å². The smallest absolute Gasteiger partial charge is 0.309 e. The molecular formula is C13H15ClO3. The van der Waals surface area contributed by atoms with Gasteiger partial charge in [0.2, 0.25) is 0 Å². The molecule has 0 amide bonds. The lowest BCUT2D eigenvalue weighted by atomic mass is 9.88. The molecule has 3 nitrogen and oxygen atoms in total. The van der Waals surface area contributed by atoms with Gasteiger partial charge in [0.05, 0.1) is 12.0 Å². The van der Waals surface area contributed by atoms with E-state index in [0.29, 0.717) is 18.1 Å². The van der Waals surface area contributed by atoms with Gasteiger partial charge in [0.25, 0.3) is 0 Å². The van der Waals surface area contributed by atoms with Crippen molar-refractivity contribution >= 4 is 17.6 Å². The number of carbonyl (C=O) groups is 1. The topological polar surface area (TPSA) is 46.5 Å². The molecule has 1 aliphatic rings. The van der Waals surface area contributed by atoms with Gasteiger partial charge in [0.1, 0.15) is 0 Å². The number of carboxylic acids is 1. The number of hydrogen-bond donors (Lipinski definition) is 1. The summed E-state index contributed by atoms with van der Waals surface area (Å²) in [5.74, 6) is -1.24. The third-order valence-electron chi connectivity index (χ3n) is 3.18. The van der Waals surface area contributed by atoms with Crippen LogP contribution in [0.1, 0.15) is 30.1 Å². The molecule has 1 heterocycles. The van der Waals surface area contributed by atoms with Crippen LogP contribution in [0, 0.1) is 12.8 Å². The van der Waals surface area contributed by atoms with Crippen molar-refractivity contribution in [1.82, 2.24) is 0 Å². The second kappa shape index (κ2) is 5.07. The molecule has 0 saturated carbocycles. The number of hydrogen-bond acceptors (Lipinski definition) is 2. The first-order valence-corrected chi connectivity index (χ1v) is 6.08. The van der Waals surface area contributed by atoms with Crippen LogP contribution in [0.4, 0.5) is 0 Å². The Labute approximate surface area is 105 Å². The zero-order valence-corrected chi connectivity index (χ0v) is 10.4. The Kier molecular flexibility index (Phi) is 3.69. The molecule has 17 heavy (non-hydrogen) atoms. The average Bonchev–Trinajstić information content (AvgIpc) is 2.29. The number of aryl methyl sites for hydroxylation is 1. The summed E-state index contributed by atoms with van der Waals surface area (Å²) < 4.78 is 5.63. The maximum Gasteiger partial charge on any atom is 0.309 e. The lowest BCUT2D eigenvalue weighted by molar-refractivity contribution is -0.151. The van der Waals surface area contributed by atoms with Gasteiger partial charge in [0, 0.05) is 11.6 Å². The predicted molar refractivity (Wildman–Crippen MR) is 65.2 cm³/mol. The van der Waals surface area contributed by atoms with E-state index >= 15 is 0 Å². The lowest BCUT2D eigenvalue weighted by Gasteiger charge is -2.30. The fourth-order valence-electron chi connectivity index (χ4n) is 2.30. The summed E-state index contributed by atoms with van der Waals surface area (Å²) in [5.41, 5.74) is 1.91. The van der Waals surface area contributed by atoms with Gasteiger partial charge in [-0.05, 0) is 43.0 Å². The predicted octanol–water partition coefficient (Wildman–Crippen LogP) is 3.20. The molecule has 1 N–H and O–H groups in total. The van der Waals surface area contributed by atoms with Gasteiger partial charge in [-0.15, -0.1) is 0 Å². The molecule has 0 bridgehead atoms. The van der Waals surface area contributed by atoms with E-state index in [1.165, 1.54) is 0 Å². The van der Waals surface area contributed by atoms with E-state index in [-0.39, 0.29) is 6.10 Å². The number of halogens is 1. The van der Waals surface area contributed by atoms with Crippen LogP contribution in [0.3, 0.4) is 0 Å². The van der Waals surface area contributed by atoms with Gasteiger partial charge < -0.3 is 9.84 Å². The van der Waals surface area contributed by atoms with E-state index in [1.54, 1.807) is 6.07 Å². The third-order valence-corrected chi connectivity index (χ3v) is 3.41. The van der Waals surface area contributed by atoms with Gasteiger partial charge in [-0.25, -0.2) is 0 Å². The molecule has 92 valence electrons. The van der Waals surface area contributed by atoms with Crippen LogP contribution < -0.4 is 0 Å². The van der Waals surface area contributed by atoms with Crippen molar-refractivity contribution in [2.24, 2.45) is 5.92 Å². The standard InChI is InChI=1S/C13H15ClO3/c1-8-7-9(14)4-5-10(8)12-11(13(15)16)3-2-6-17-12/h4-5,7,11-12H,2-3,6H2,1H3,(H,15,16). The highest BCUT2D eigenvalue weighted by atomic mass is 35.5. The van der Waals surface area contributed by atoms with Crippen molar-refractivity contribution < 1.29 is 14.6 Å². The number of aliphatic carboxylic acids is 1. The lowest BCUT2D eigenvalue weighted by Crippen LogP contribution is -2.29. The van der Waals surface area contributed by atoms with Crippen molar-refractivity contribution in [2.45, 2.75) is 25.9 Å². The summed E-state index contributed by atoms with van der Waals surface area (Å²) in [6, 6.07) is 5.48. The van der Waals surface area contributed by atoms with Crippen molar-refractivity contribution in [3.05, 3.63) is 34.3 Å². The highest BCUT2D eigenvalue weighted by Gasteiger charge is 2.33. The Hall–Kier alpha value is -1.06. The molecule has 0 aromatic heterocycles. The molecule has 2 unspecified atom stereocenters. The zero-order chi connectivity index (χ0) is 12.4. The highest BCUT2D eigenvalue weighted by molar-refractivity contribution is 6.30. The quantitative estimate of drug-likeness (QED) is 0.882. The van der Waals surface area contributed by atoms with Crippen LogP contribution in [-0.2, 0) is 9.53 Å². The summed E-state index contributed by atoms with van der Waals surface area (Å²) in [7, 11) is 0. The SMILES string of the molecule is Cc1cc(Cl)ccc1C1OCCCC1C(=O)O. The summed E-state index contributed by atoms with van der Waals surface area (Å²) in [6.07, 6.45) is 1.13. The van der Waals surface area contributed by atoms with Crippen LogP contribution in [0.15, 0.2) is 18.2 Å². The normalized spacial score (nSPS) is 24.6. The minimum atomic E-state index is -0.788. The molecule has 0 radical (unpaired) electrons. The van der Waals surface area contributed by atoms with Crippen molar-refractivity contribution in [3.8, 4) is 0 Å². The van der Waals surface area contributed by atoms with Crippen LogP contribution in [0.25, 0.3) is 0 Å². The molecular weight excluding hydrogens is 240 g/mol. The van der Waals surface area contributed by atoms with E-state index in [4.69, 9.17) is 16.3 Å². The third kappa shape index (κ3) is 2.61. The molecule has 0 spiro atoms. The average molecular weight is 255 g/mol. The minimum Gasteiger partial charge on any atom is -0.481 e. The highest BCUT2D eigenvalue weighted by Crippen LogP contribution is 2.36. The Morgan fingerprint density at radius 3 is 2.94 bits per heavy atom. The maximum absolute atomic E-state index is 11.2. The zero-order valence-electron chi connectivity index (χ0n) is 9.65. The molecule has 2 atom stereocenters. The second-order valence-electron chi connectivity index (χ2n) is 4.38. The van der Waals surface area contributed by atoms with Crippen LogP contribution in [0.5, 0.6) is 0 Å². The van der Waals surface area contributed by atoms with E-state index in [2.05, 4.69) is 0 Å². The van der Waals surface area contributed by atoms with Crippen molar-refractivity contribution in [1.29, 1.82) is 0 Å². The number of rotatable bonds is 2. The fraction of sp³-hybridized carbons (Fsp3) is 0.462.